The van der Waals surface area contributed by atoms with Crippen molar-refractivity contribution in [1.82, 2.24) is 10.2 Å². The lowest BCUT2D eigenvalue weighted by molar-refractivity contribution is -0.121. The third-order valence-electron chi connectivity index (χ3n) is 2.89. The van der Waals surface area contributed by atoms with Crippen LogP contribution in [-0.2, 0) is 4.79 Å². The number of hydrogen-bond donors (Lipinski definition) is 1. The minimum atomic E-state index is -4.47. The molecule has 114 valence electrons. The highest BCUT2D eigenvalue weighted by atomic mass is 32.2. The van der Waals surface area contributed by atoms with Crippen LogP contribution < -0.4 is 5.32 Å². The SMILES string of the molecule is O=C1CN(C(=O)c2ccccc2SC(F)(F)F)CCCN1. The Bertz CT molecular complexity index is 548. The molecule has 0 bridgehead atoms. The van der Waals surface area contributed by atoms with Crippen molar-refractivity contribution in [3.05, 3.63) is 29.8 Å². The van der Waals surface area contributed by atoms with Crippen LogP contribution in [0.5, 0.6) is 0 Å². The van der Waals surface area contributed by atoms with Crippen molar-refractivity contribution in [2.75, 3.05) is 19.6 Å². The van der Waals surface area contributed by atoms with E-state index in [1.165, 1.54) is 29.2 Å². The summed E-state index contributed by atoms with van der Waals surface area (Å²) in [5, 5.41) is 2.62. The van der Waals surface area contributed by atoms with Gasteiger partial charge in [-0.05, 0) is 30.3 Å². The second-order valence-electron chi connectivity index (χ2n) is 4.47. The normalized spacial score (nSPS) is 16.3. The summed E-state index contributed by atoms with van der Waals surface area (Å²) in [6.07, 6.45) is 0.575. The van der Waals surface area contributed by atoms with E-state index in [1.807, 2.05) is 0 Å². The average molecular weight is 318 g/mol. The van der Waals surface area contributed by atoms with Gasteiger partial charge in [0.25, 0.3) is 5.91 Å². The number of hydrogen-bond acceptors (Lipinski definition) is 3. The first-order chi connectivity index (χ1) is 9.87. The lowest BCUT2D eigenvalue weighted by Crippen LogP contribution is -2.37. The van der Waals surface area contributed by atoms with Crippen LogP contribution in [0.15, 0.2) is 29.2 Å². The van der Waals surface area contributed by atoms with Crippen molar-refractivity contribution in [1.29, 1.82) is 0 Å². The molecule has 1 aliphatic rings. The van der Waals surface area contributed by atoms with Gasteiger partial charge in [-0.15, -0.1) is 0 Å². The van der Waals surface area contributed by atoms with E-state index in [2.05, 4.69) is 5.32 Å². The molecule has 1 N–H and O–H groups in total. The maximum absolute atomic E-state index is 12.5. The number of nitrogens with one attached hydrogen (secondary N) is 1. The summed E-state index contributed by atoms with van der Waals surface area (Å²) in [7, 11) is 0. The van der Waals surface area contributed by atoms with E-state index < -0.39 is 11.4 Å². The van der Waals surface area contributed by atoms with Crippen molar-refractivity contribution in [2.24, 2.45) is 0 Å². The highest BCUT2D eigenvalue weighted by Gasteiger charge is 2.32. The molecular formula is C13H13F3N2O2S. The van der Waals surface area contributed by atoms with Crippen LogP contribution in [0.1, 0.15) is 16.8 Å². The fraction of sp³-hybridized carbons (Fsp3) is 0.385. The molecule has 21 heavy (non-hydrogen) atoms. The Hall–Kier alpha value is -1.70. The molecule has 0 spiro atoms. The third-order valence-corrected chi connectivity index (χ3v) is 3.70. The molecule has 1 aliphatic heterocycles. The Balaban J connectivity index is 2.24. The number of halogens is 3. The van der Waals surface area contributed by atoms with Crippen molar-refractivity contribution in [3.63, 3.8) is 0 Å². The second-order valence-corrected chi connectivity index (χ2v) is 5.58. The molecule has 0 aliphatic carbocycles. The van der Waals surface area contributed by atoms with E-state index in [0.29, 0.717) is 19.5 Å². The Kier molecular flexibility index (Phi) is 4.76. The molecule has 1 aromatic carbocycles. The molecule has 1 aromatic rings. The maximum atomic E-state index is 12.5. The summed E-state index contributed by atoms with van der Waals surface area (Å²) in [6, 6.07) is 5.55. The van der Waals surface area contributed by atoms with Crippen LogP contribution in [-0.4, -0.2) is 41.9 Å². The van der Waals surface area contributed by atoms with Crippen LogP contribution in [0.4, 0.5) is 13.2 Å². The van der Waals surface area contributed by atoms with Gasteiger partial charge < -0.3 is 10.2 Å². The number of carbonyl (C=O) groups is 2. The van der Waals surface area contributed by atoms with E-state index >= 15 is 0 Å². The summed E-state index contributed by atoms with van der Waals surface area (Å²) in [4.78, 5) is 24.9. The fourth-order valence-corrected chi connectivity index (χ4v) is 2.67. The minimum absolute atomic E-state index is 0.0328. The Morgan fingerprint density at radius 2 is 2.00 bits per heavy atom. The van der Waals surface area contributed by atoms with Crippen LogP contribution in [0.3, 0.4) is 0 Å². The molecule has 8 heteroatoms. The largest absolute Gasteiger partial charge is 0.446 e. The highest BCUT2D eigenvalue weighted by molar-refractivity contribution is 8.00. The molecule has 2 rings (SSSR count). The first-order valence-corrected chi connectivity index (χ1v) is 7.09. The Morgan fingerprint density at radius 3 is 2.71 bits per heavy atom. The molecule has 1 saturated heterocycles. The van der Waals surface area contributed by atoms with E-state index in [-0.39, 0.29) is 34.7 Å². The number of alkyl halides is 3. The number of carbonyl (C=O) groups excluding carboxylic acids is 2. The summed E-state index contributed by atoms with van der Waals surface area (Å²) in [6.45, 7) is 0.661. The monoisotopic (exact) mass is 318 g/mol. The molecule has 0 unspecified atom stereocenters. The zero-order valence-electron chi connectivity index (χ0n) is 10.9. The zero-order chi connectivity index (χ0) is 15.5. The van der Waals surface area contributed by atoms with Crippen LogP contribution in [0, 0.1) is 0 Å². The lowest BCUT2D eigenvalue weighted by atomic mass is 10.2. The van der Waals surface area contributed by atoms with Gasteiger partial charge in [-0.1, -0.05) is 12.1 Å². The van der Waals surface area contributed by atoms with Gasteiger partial charge in [0.2, 0.25) is 5.91 Å². The molecule has 0 saturated carbocycles. The minimum Gasteiger partial charge on any atom is -0.354 e. The van der Waals surface area contributed by atoms with Gasteiger partial charge in [0, 0.05) is 18.0 Å². The van der Waals surface area contributed by atoms with Crippen LogP contribution >= 0.6 is 11.8 Å². The summed E-state index contributed by atoms with van der Waals surface area (Å²) < 4.78 is 37.6. The van der Waals surface area contributed by atoms with Crippen molar-refractivity contribution in [3.8, 4) is 0 Å². The lowest BCUT2D eigenvalue weighted by Gasteiger charge is -2.20. The molecule has 1 fully saturated rings. The smallest absolute Gasteiger partial charge is 0.354 e. The number of amides is 2. The Labute approximate surface area is 123 Å². The van der Waals surface area contributed by atoms with Gasteiger partial charge in [0.1, 0.15) is 0 Å². The first-order valence-electron chi connectivity index (χ1n) is 6.27. The second kappa shape index (κ2) is 6.38. The van der Waals surface area contributed by atoms with Gasteiger partial charge >= 0.3 is 5.51 Å². The molecule has 1 heterocycles. The third kappa shape index (κ3) is 4.38. The number of nitrogens with zero attached hydrogens (tertiary/aromatic N) is 1. The fourth-order valence-electron chi connectivity index (χ4n) is 2.01. The number of thioether (sulfide) groups is 1. The average Bonchev–Trinajstić information content (AvgIpc) is 2.61. The molecule has 4 nitrogen and oxygen atoms in total. The first kappa shape index (κ1) is 15.7. The van der Waals surface area contributed by atoms with Gasteiger partial charge in [-0.2, -0.15) is 13.2 Å². The number of rotatable bonds is 2. The van der Waals surface area contributed by atoms with Gasteiger partial charge in [0.05, 0.1) is 12.1 Å². The van der Waals surface area contributed by atoms with Gasteiger partial charge in [-0.3, -0.25) is 9.59 Å². The molecule has 0 radical (unpaired) electrons. The quantitative estimate of drug-likeness (QED) is 0.851. The van der Waals surface area contributed by atoms with E-state index in [4.69, 9.17) is 0 Å². The molecule has 0 aromatic heterocycles. The highest BCUT2D eigenvalue weighted by Crippen LogP contribution is 2.38. The van der Waals surface area contributed by atoms with Crippen LogP contribution in [0.2, 0.25) is 0 Å². The zero-order valence-corrected chi connectivity index (χ0v) is 11.8. The summed E-state index contributed by atoms with van der Waals surface area (Å²) in [5.41, 5.74) is -4.50. The summed E-state index contributed by atoms with van der Waals surface area (Å²) >= 11 is -0.322. The van der Waals surface area contributed by atoms with E-state index in [9.17, 15) is 22.8 Å². The van der Waals surface area contributed by atoms with Gasteiger partial charge in [-0.25, -0.2) is 0 Å². The number of benzene rings is 1. The predicted molar refractivity (Wildman–Crippen MR) is 71.9 cm³/mol. The molecular weight excluding hydrogens is 305 g/mol. The maximum Gasteiger partial charge on any atom is 0.446 e. The topological polar surface area (TPSA) is 49.4 Å². The molecule has 0 atom stereocenters. The van der Waals surface area contributed by atoms with Crippen molar-refractivity contribution >= 4 is 23.6 Å². The van der Waals surface area contributed by atoms with Gasteiger partial charge in [0.15, 0.2) is 0 Å². The van der Waals surface area contributed by atoms with Crippen LogP contribution in [0.25, 0.3) is 0 Å². The summed E-state index contributed by atoms with van der Waals surface area (Å²) in [5.74, 6) is -0.860. The van der Waals surface area contributed by atoms with Crippen molar-refractivity contribution < 1.29 is 22.8 Å². The predicted octanol–water partition coefficient (Wildman–Crippen LogP) is 2.26. The van der Waals surface area contributed by atoms with E-state index in [1.54, 1.807) is 0 Å². The van der Waals surface area contributed by atoms with E-state index in [0.717, 1.165) is 0 Å². The molecule has 2 amide bonds. The van der Waals surface area contributed by atoms with Crippen molar-refractivity contribution in [2.45, 2.75) is 16.8 Å². The Morgan fingerprint density at radius 1 is 1.29 bits per heavy atom. The standard InChI is InChI=1S/C13H13F3N2O2S/c14-13(15,16)21-10-5-2-1-4-9(10)12(20)18-7-3-6-17-11(19)8-18/h1-2,4-5H,3,6-8H2,(H,17,19).